The summed E-state index contributed by atoms with van der Waals surface area (Å²) in [5.74, 6) is 0.178. The van der Waals surface area contributed by atoms with Gasteiger partial charge in [0.15, 0.2) is 0 Å². The Hall–Kier alpha value is -1.81. The van der Waals surface area contributed by atoms with Crippen molar-refractivity contribution in [1.29, 1.82) is 0 Å². The number of hydrogen-bond acceptors (Lipinski definition) is 3. The molecule has 0 saturated heterocycles. The summed E-state index contributed by atoms with van der Waals surface area (Å²) >= 11 is 3.43. The molecule has 0 amide bonds. The molecule has 0 radical (unpaired) electrons. The lowest BCUT2D eigenvalue weighted by Crippen LogP contribution is -2.10. The molecule has 0 aliphatic carbocycles. The van der Waals surface area contributed by atoms with E-state index in [2.05, 4.69) is 15.9 Å². The summed E-state index contributed by atoms with van der Waals surface area (Å²) in [6.45, 7) is 4.40. The maximum atomic E-state index is 12.1. The third-order valence-electron chi connectivity index (χ3n) is 3.08. The van der Waals surface area contributed by atoms with Crippen LogP contribution in [0.2, 0.25) is 0 Å². The summed E-state index contributed by atoms with van der Waals surface area (Å²) in [5.41, 5.74) is 2.34. The molecule has 4 heteroatoms. The Morgan fingerprint density at radius 3 is 2.52 bits per heavy atom. The maximum Gasteiger partial charge on any atom is 0.342 e. The molecule has 0 unspecified atom stereocenters. The van der Waals surface area contributed by atoms with Crippen molar-refractivity contribution in [1.82, 2.24) is 0 Å². The highest BCUT2D eigenvalue weighted by atomic mass is 79.9. The minimum absolute atomic E-state index is 0.336. The zero-order chi connectivity index (χ0) is 15.2. The molecule has 0 heterocycles. The van der Waals surface area contributed by atoms with E-state index < -0.39 is 0 Å². The van der Waals surface area contributed by atoms with Crippen molar-refractivity contribution in [2.75, 3.05) is 6.61 Å². The minimum Gasteiger partial charge on any atom is -0.488 e. The van der Waals surface area contributed by atoms with Crippen LogP contribution in [0.1, 0.15) is 28.4 Å². The zero-order valence-corrected chi connectivity index (χ0v) is 13.6. The topological polar surface area (TPSA) is 35.5 Å². The number of halogens is 1. The molecule has 2 rings (SSSR count). The van der Waals surface area contributed by atoms with Gasteiger partial charge in [-0.15, -0.1) is 0 Å². The van der Waals surface area contributed by atoms with Crippen molar-refractivity contribution in [3.8, 4) is 5.75 Å². The van der Waals surface area contributed by atoms with Gasteiger partial charge in [-0.05, 0) is 37.1 Å². The average Bonchev–Trinajstić information content (AvgIpc) is 2.49. The van der Waals surface area contributed by atoms with Gasteiger partial charge in [0.25, 0.3) is 0 Å². The Morgan fingerprint density at radius 1 is 1.14 bits per heavy atom. The van der Waals surface area contributed by atoms with Gasteiger partial charge < -0.3 is 9.47 Å². The number of carbonyl (C=O) groups is 1. The Morgan fingerprint density at radius 2 is 1.86 bits per heavy atom. The Kier molecular flexibility index (Phi) is 5.39. The second-order valence-electron chi connectivity index (χ2n) is 4.54. The third kappa shape index (κ3) is 3.85. The van der Waals surface area contributed by atoms with Crippen LogP contribution in [0, 0.1) is 6.92 Å². The van der Waals surface area contributed by atoms with Gasteiger partial charge in [-0.1, -0.05) is 46.3 Å². The van der Waals surface area contributed by atoms with Gasteiger partial charge in [-0.3, -0.25) is 0 Å². The van der Waals surface area contributed by atoms with E-state index in [4.69, 9.17) is 9.47 Å². The van der Waals surface area contributed by atoms with E-state index in [0.717, 1.165) is 15.6 Å². The zero-order valence-electron chi connectivity index (χ0n) is 12.1. The molecule has 0 bridgehead atoms. The number of carbonyl (C=O) groups excluding carboxylic acids is 1. The fourth-order valence-corrected chi connectivity index (χ4v) is 2.30. The summed E-state index contributed by atoms with van der Waals surface area (Å²) in [6, 6.07) is 13.5. The second kappa shape index (κ2) is 7.27. The van der Waals surface area contributed by atoms with Crippen LogP contribution in [0.4, 0.5) is 0 Å². The molecular formula is C17H17BrO3. The van der Waals surface area contributed by atoms with E-state index in [1.54, 1.807) is 13.0 Å². The highest BCUT2D eigenvalue weighted by Gasteiger charge is 2.18. The number of ether oxygens (including phenoxy) is 2. The van der Waals surface area contributed by atoms with Crippen molar-refractivity contribution in [3.05, 3.63) is 63.6 Å². The monoisotopic (exact) mass is 348 g/mol. The fourth-order valence-electron chi connectivity index (χ4n) is 1.97. The average molecular weight is 349 g/mol. The molecule has 3 nitrogen and oxygen atoms in total. The normalized spacial score (nSPS) is 10.2. The van der Waals surface area contributed by atoms with Gasteiger partial charge in [0.2, 0.25) is 0 Å². The number of hydrogen-bond donors (Lipinski definition) is 0. The summed E-state index contributed by atoms with van der Waals surface area (Å²) < 4.78 is 11.8. The molecule has 0 saturated carbocycles. The molecule has 0 N–H and O–H groups in total. The summed E-state index contributed by atoms with van der Waals surface area (Å²) in [6.07, 6.45) is 0. The van der Waals surface area contributed by atoms with Gasteiger partial charge in [-0.2, -0.15) is 0 Å². The van der Waals surface area contributed by atoms with Gasteiger partial charge >= 0.3 is 5.97 Å². The van der Waals surface area contributed by atoms with E-state index in [-0.39, 0.29) is 5.97 Å². The third-order valence-corrected chi connectivity index (χ3v) is 3.94. The molecule has 2 aromatic carbocycles. The van der Waals surface area contributed by atoms with Crippen LogP contribution in [0.25, 0.3) is 0 Å². The van der Waals surface area contributed by atoms with Crippen LogP contribution >= 0.6 is 15.9 Å². The van der Waals surface area contributed by atoms with Gasteiger partial charge in [-0.25, -0.2) is 4.79 Å². The van der Waals surface area contributed by atoms with E-state index >= 15 is 0 Å². The van der Waals surface area contributed by atoms with Crippen molar-refractivity contribution in [2.45, 2.75) is 20.5 Å². The lowest BCUT2D eigenvalue weighted by Gasteiger charge is -2.14. The minimum atomic E-state index is -0.362. The predicted molar refractivity (Wildman–Crippen MR) is 85.6 cm³/mol. The van der Waals surface area contributed by atoms with Crippen LogP contribution < -0.4 is 4.74 Å². The molecule has 0 spiro atoms. The maximum absolute atomic E-state index is 12.1. The van der Waals surface area contributed by atoms with Gasteiger partial charge in [0, 0.05) is 4.47 Å². The first kappa shape index (κ1) is 15.6. The summed E-state index contributed by atoms with van der Waals surface area (Å²) in [5, 5.41) is 0. The van der Waals surface area contributed by atoms with Crippen LogP contribution in [0.3, 0.4) is 0 Å². The second-order valence-corrected chi connectivity index (χ2v) is 5.39. The van der Waals surface area contributed by atoms with Gasteiger partial charge in [0.05, 0.1) is 6.61 Å². The van der Waals surface area contributed by atoms with E-state index in [0.29, 0.717) is 24.5 Å². The number of esters is 1. The lowest BCUT2D eigenvalue weighted by atomic mass is 10.1. The summed E-state index contributed by atoms with van der Waals surface area (Å²) in [4.78, 5) is 12.1. The van der Waals surface area contributed by atoms with E-state index in [9.17, 15) is 4.79 Å². The molecule has 0 aliphatic heterocycles. The van der Waals surface area contributed by atoms with E-state index in [1.807, 2.05) is 43.3 Å². The first-order valence-electron chi connectivity index (χ1n) is 6.76. The van der Waals surface area contributed by atoms with E-state index in [1.165, 1.54) is 0 Å². The van der Waals surface area contributed by atoms with Gasteiger partial charge in [0.1, 0.15) is 17.9 Å². The summed E-state index contributed by atoms with van der Waals surface area (Å²) in [7, 11) is 0. The van der Waals surface area contributed by atoms with Crippen LogP contribution in [-0.2, 0) is 11.3 Å². The SMILES string of the molecule is CCOC(=O)c1c(OCc2ccccc2)ccc(Br)c1C. The predicted octanol–water partition coefficient (Wildman–Crippen LogP) is 4.51. The Balaban J connectivity index is 2.26. The lowest BCUT2D eigenvalue weighted by molar-refractivity contribution is 0.0520. The number of benzene rings is 2. The fraction of sp³-hybridized carbons (Fsp3) is 0.235. The first-order chi connectivity index (χ1) is 10.1. The molecule has 0 fully saturated rings. The molecular weight excluding hydrogens is 332 g/mol. The highest BCUT2D eigenvalue weighted by Crippen LogP contribution is 2.29. The van der Waals surface area contributed by atoms with Crippen molar-refractivity contribution in [3.63, 3.8) is 0 Å². The molecule has 0 atom stereocenters. The smallest absolute Gasteiger partial charge is 0.342 e. The Labute approximate surface area is 133 Å². The van der Waals surface area contributed by atoms with Crippen LogP contribution in [-0.4, -0.2) is 12.6 Å². The van der Waals surface area contributed by atoms with Crippen molar-refractivity contribution in [2.24, 2.45) is 0 Å². The molecule has 0 aliphatic rings. The van der Waals surface area contributed by atoms with Crippen molar-refractivity contribution < 1.29 is 14.3 Å². The Bertz CT molecular complexity index is 623. The first-order valence-corrected chi connectivity index (χ1v) is 7.55. The quantitative estimate of drug-likeness (QED) is 0.745. The molecule has 110 valence electrons. The standard InChI is InChI=1S/C17H17BrO3/c1-3-20-17(19)16-12(2)14(18)9-10-15(16)21-11-13-7-5-4-6-8-13/h4-10H,3,11H2,1-2H3. The number of rotatable bonds is 5. The highest BCUT2D eigenvalue weighted by molar-refractivity contribution is 9.10. The van der Waals surface area contributed by atoms with Crippen LogP contribution in [0.5, 0.6) is 5.75 Å². The van der Waals surface area contributed by atoms with Crippen LogP contribution in [0.15, 0.2) is 46.9 Å². The molecule has 0 aromatic heterocycles. The molecule has 21 heavy (non-hydrogen) atoms. The molecule has 2 aromatic rings. The largest absolute Gasteiger partial charge is 0.488 e. The van der Waals surface area contributed by atoms with Crippen molar-refractivity contribution >= 4 is 21.9 Å².